The van der Waals surface area contributed by atoms with Crippen LogP contribution in [0.5, 0.6) is 5.75 Å². The Bertz CT molecular complexity index is 719. The van der Waals surface area contributed by atoms with Gasteiger partial charge >= 0.3 is 0 Å². The maximum atomic E-state index is 5.73. The summed E-state index contributed by atoms with van der Waals surface area (Å²) in [5.74, 6) is 1.86. The molecule has 1 aromatic carbocycles. The third-order valence-electron chi connectivity index (χ3n) is 2.75. The van der Waals surface area contributed by atoms with Gasteiger partial charge in [0, 0.05) is 0 Å². The van der Waals surface area contributed by atoms with Crippen LogP contribution < -0.4 is 10.5 Å². The molecular weight excluding hydrogens is 258 g/mol. The number of anilines is 1. The predicted molar refractivity (Wildman–Crippen MR) is 72.9 cm³/mol. The maximum Gasteiger partial charge on any atom is 0.263 e. The Morgan fingerprint density at radius 1 is 1.30 bits per heavy atom. The summed E-state index contributed by atoms with van der Waals surface area (Å²) in [6, 6.07) is 7.52. The summed E-state index contributed by atoms with van der Waals surface area (Å²) in [7, 11) is 0. The fourth-order valence-corrected chi connectivity index (χ4v) is 1.84. The number of nitrogen functional groups attached to an aromatic ring is 1. The molecule has 102 valence electrons. The van der Waals surface area contributed by atoms with Gasteiger partial charge in [-0.05, 0) is 19.1 Å². The minimum atomic E-state index is 0.317. The van der Waals surface area contributed by atoms with Crippen LogP contribution in [-0.2, 0) is 0 Å². The molecule has 0 aliphatic carbocycles. The molecule has 3 aromatic rings. The van der Waals surface area contributed by atoms with E-state index in [9.17, 15) is 0 Å². The van der Waals surface area contributed by atoms with Crippen molar-refractivity contribution in [1.82, 2.24) is 20.3 Å². The summed E-state index contributed by atoms with van der Waals surface area (Å²) >= 11 is 0. The molecule has 0 radical (unpaired) electrons. The van der Waals surface area contributed by atoms with Gasteiger partial charge < -0.3 is 15.0 Å². The first-order chi connectivity index (χ1) is 9.79. The van der Waals surface area contributed by atoms with Crippen molar-refractivity contribution in [2.75, 3.05) is 12.3 Å². The summed E-state index contributed by atoms with van der Waals surface area (Å²) < 4.78 is 10.8. The lowest BCUT2D eigenvalue weighted by Crippen LogP contribution is -1.94. The van der Waals surface area contributed by atoms with Crippen LogP contribution >= 0.6 is 0 Å². The molecule has 0 atom stereocenters. The van der Waals surface area contributed by atoms with Crippen LogP contribution in [0.1, 0.15) is 6.92 Å². The molecule has 0 bridgehead atoms. The first kappa shape index (κ1) is 12.2. The number of nitrogens with one attached hydrogen (secondary N) is 1. The molecule has 0 aliphatic heterocycles. The Morgan fingerprint density at radius 2 is 2.15 bits per heavy atom. The van der Waals surface area contributed by atoms with E-state index in [0.717, 1.165) is 5.56 Å². The van der Waals surface area contributed by atoms with E-state index in [1.807, 2.05) is 31.2 Å². The Morgan fingerprint density at radius 3 is 2.90 bits per heavy atom. The number of para-hydroxylation sites is 1. The fraction of sp³-hybridized carbons (Fsp3) is 0.154. The van der Waals surface area contributed by atoms with E-state index in [2.05, 4.69) is 20.3 Å². The topological polar surface area (TPSA) is 103 Å². The van der Waals surface area contributed by atoms with Crippen molar-refractivity contribution < 1.29 is 9.26 Å². The zero-order chi connectivity index (χ0) is 13.9. The fourth-order valence-electron chi connectivity index (χ4n) is 1.84. The van der Waals surface area contributed by atoms with E-state index in [-0.39, 0.29) is 0 Å². The lowest BCUT2D eigenvalue weighted by molar-refractivity contribution is 0.341. The van der Waals surface area contributed by atoms with E-state index in [0.29, 0.717) is 35.5 Å². The van der Waals surface area contributed by atoms with Crippen molar-refractivity contribution in [3.63, 3.8) is 0 Å². The first-order valence-electron chi connectivity index (χ1n) is 6.14. The summed E-state index contributed by atoms with van der Waals surface area (Å²) in [5.41, 5.74) is 7.08. The van der Waals surface area contributed by atoms with E-state index in [4.69, 9.17) is 15.0 Å². The SMILES string of the molecule is CCOc1ccccc1-c1noc(-c2cn[nH]c2N)n1. The van der Waals surface area contributed by atoms with Crippen molar-refractivity contribution in [2.45, 2.75) is 6.92 Å². The van der Waals surface area contributed by atoms with E-state index in [1.165, 1.54) is 0 Å². The van der Waals surface area contributed by atoms with E-state index < -0.39 is 0 Å². The van der Waals surface area contributed by atoms with Crippen LogP contribution in [0.2, 0.25) is 0 Å². The second-order valence-electron chi connectivity index (χ2n) is 4.05. The van der Waals surface area contributed by atoms with Crippen molar-refractivity contribution in [3.8, 4) is 28.6 Å². The normalized spacial score (nSPS) is 10.7. The number of rotatable bonds is 4. The molecule has 0 aliphatic rings. The minimum Gasteiger partial charge on any atom is -0.493 e. The van der Waals surface area contributed by atoms with Gasteiger partial charge in [-0.1, -0.05) is 17.3 Å². The van der Waals surface area contributed by atoms with Gasteiger partial charge in [-0.25, -0.2) is 0 Å². The lowest BCUT2D eigenvalue weighted by atomic mass is 10.2. The molecule has 0 amide bonds. The van der Waals surface area contributed by atoms with E-state index in [1.54, 1.807) is 6.20 Å². The number of benzene rings is 1. The van der Waals surface area contributed by atoms with Crippen LogP contribution in [-0.4, -0.2) is 26.9 Å². The number of hydrogen-bond donors (Lipinski definition) is 2. The van der Waals surface area contributed by atoms with Gasteiger partial charge in [0.1, 0.15) is 17.1 Å². The van der Waals surface area contributed by atoms with Gasteiger partial charge in [-0.15, -0.1) is 0 Å². The molecule has 0 unspecified atom stereocenters. The number of aromatic amines is 1. The second kappa shape index (κ2) is 5.04. The molecule has 0 spiro atoms. The molecule has 2 aromatic heterocycles. The summed E-state index contributed by atoms with van der Waals surface area (Å²) in [4.78, 5) is 4.33. The number of aromatic nitrogens is 4. The Balaban J connectivity index is 2.00. The maximum absolute atomic E-state index is 5.73. The molecule has 3 rings (SSSR count). The average molecular weight is 271 g/mol. The number of ether oxygens (including phenoxy) is 1. The highest BCUT2D eigenvalue weighted by Gasteiger charge is 2.16. The van der Waals surface area contributed by atoms with Crippen LogP contribution in [0, 0.1) is 0 Å². The number of nitrogens with two attached hydrogens (primary N) is 1. The molecule has 7 nitrogen and oxygen atoms in total. The van der Waals surface area contributed by atoms with Crippen molar-refractivity contribution in [3.05, 3.63) is 30.5 Å². The molecule has 0 fully saturated rings. The Labute approximate surface area is 114 Å². The molecule has 20 heavy (non-hydrogen) atoms. The monoisotopic (exact) mass is 271 g/mol. The zero-order valence-corrected chi connectivity index (χ0v) is 10.8. The van der Waals surface area contributed by atoms with Crippen molar-refractivity contribution in [2.24, 2.45) is 0 Å². The summed E-state index contributed by atoms with van der Waals surface area (Å²) in [5, 5.41) is 10.4. The van der Waals surface area contributed by atoms with Crippen LogP contribution in [0.3, 0.4) is 0 Å². The third kappa shape index (κ3) is 2.09. The molecular formula is C13H13N5O2. The first-order valence-corrected chi connectivity index (χ1v) is 6.14. The second-order valence-corrected chi connectivity index (χ2v) is 4.05. The summed E-state index contributed by atoms with van der Waals surface area (Å²) in [6.07, 6.45) is 1.54. The Kier molecular flexibility index (Phi) is 3.08. The number of nitrogens with zero attached hydrogens (tertiary/aromatic N) is 3. The molecule has 0 saturated carbocycles. The van der Waals surface area contributed by atoms with Gasteiger partial charge in [0.05, 0.1) is 18.4 Å². The van der Waals surface area contributed by atoms with Crippen molar-refractivity contribution in [1.29, 1.82) is 0 Å². The molecule has 7 heteroatoms. The predicted octanol–water partition coefficient (Wildman–Crippen LogP) is 2.11. The van der Waals surface area contributed by atoms with Crippen LogP contribution in [0.25, 0.3) is 22.8 Å². The largest absolute Gasteiger partial charge is 0.493 e. The standard InChI is InChI=1S/C13H13N5O2/c1-2-19-10-6-4-3-5-8(10)12-16-13(20-18-12)9-7-15-17-11(9)14/h3-7H,2H2,1H3,(H3,14,15,17). The smallest absolute Gasteiger partial charge is 0.263 e. The van der Waals surface area contributed by atoms with Gasteiger partial charge in [-0.3, -0.25) is 5.10 Å². The van der Waals surface area contributed by atoms with Crippen LogP contribution in [0.4, 0.5) is 5.82 Å². The molecule has 2 heterocycles. The quantitative estimate of drug-likeness (QED) is 0.753. The van der Waals surface area contributed by atoms with Crippen LogP contribution in [0.15, 0.2) is 35.0 Å². The Hall–Kier alpha value is -2.83. The minimum absolute atomic E-state index is 0.317. The van der Waals surface area contributed by atoms with Crippen molar-refractivity contribution >= 4 is 5.82 Å². The summed E-state index contributed by atoms with van der Waals surface area (Å²) in [6.45, 7) is 2.49. The highest BCUT2D eigenvalue weighted by molar-refractivity contribution is 5.69. The van der Waals surface area contributed by atoms with Gasteiger partial charge in [0.25, 0.3) is 5.89 Å². The zero-order valence-electron chi connectivity index (χ0n) is 10.8. The number of H-pyrrole nitrogens is 1. The van der Waals surface area contributed by atoms with Gasteiger partial charge in [-0.2, -0.15) is 10.1 Å². The average Bonchev–Trinajstić information content (AvgIpc) is 3.08. The molecule has 0 saturated heterocycles. The molecule has 3 N–H and O–H groups in total. The van der Waals surface area contributed by atoms with Gasteiger partial charge in [0.15, 0.2) is 0 Å². The highest BCUT2D eigenvalue weighted by atomic mass is 16.5. The highest BCUT2D eigenvalue weighted by Crippen LogP contribution is 2.30. The third-order valence-corrected chi connectivity index (χ3v) is 2.75. The number of hydrogen-bond acceptors (Lipinski definition) is 6. The van der Waals surface area contributed by atoms with E-state index >= 15 is 0 Å². The lowest BCUT2D eigenvalue weighted by Gasteiger charge is -2.05. The van der Waals surface area contributed by atoms with Gasteiger partial charge in [0.2, 0.25) is 5.82 Å².